The first-order chi connectivity index (χ1) is 16.9. The third-order valence-electron chi connectivity index (χ3n) is 6.17. The first-order valence-corrected chi connectivity index (χ1v) is 11.9. The lowest BCUT2D eigenvalue weighted by molar-refractivity contribution is -0.139. The molecular formula is C27H27BClNO5. The molecule has 1 fully saturated rings. The van der Waals surface area contributed by atoms with E-state index in [0.717, 1.165) is 29.4 Å². The van der Waals surface area contributed by atoms with Crippen LogP contribution in [0.2, 0.25) is 11.8 Å². The Morgan fingerprint density at radius 3 is 2.60 bits per heavy atom. The van der Waals surface area contributed by atoms with Crippen molar-refractivity contribution in [1.29, 1.82) is 0 Å². The fourth-order valence-corrected chi connectivity index (χ4v) is 4.28. The van der Waals surface area contributed by atoms with Gasteiger partial charge in [-0.3, -0.25) is 9.69 Å². The van der Waals surface area contributed by atoms with Crippen molar-refractivity contribution in [1.82, 2.24) is 4.90 Å². The highest BCUT2D eigenvalue weighted by Crippen LogP contribution is 2.35. The van der Waals surface area contributed by atoms with Crippen LogP contribution >= 0.6 is 11.6 Å². The maximum absolute atomic E-state index is 12.8. The molecule has 8 heteroatoms. The molecule has 0 spiro atoms. The summed E-state index contributed by atoms with van der Waals surface area (Å²) in [5.74, 6) is 0.937. The summed E-state index contributed by atoms with van der Waals surface area (Å²) in [5, 5.41) is 0.636. The molecule has 0 bridgehead atoms. The molecule has 180 valence electrons. The molecule has 0 saturated carbocycles. The minimum Gasteiger partial charge on any atom is -0.469 e. The van der Waals surface area contributed by atoms with Gasteiger partial charge in [-0.1, -0.05) is 60.3 Å². The van der Waals surface area contributed by atoms with E-state index in [0.29, 0.717) is 23.1 Å². The maximum Gasteiger partial charge on any atom is 0.411 e. The number of esters is 1. The summed E-state index contributed by atoms with van der Waals surface area (Å²) in [7, 11) is 2.22. The van der Waals surface area contributed by atoms with Crippen molar-refractivity contribution in [2.24, 2.45) is 0 Å². The van der Waals surface area contributed by atoms with Crippen molar-refractivity contribution in [3.63, 3.8) is 0 Å². The molecule has 0 radical (unpaired) electrons. The second-order valence-corrected chi connectivity index (χ2v) is 8.96. The van der Waals surface area contributed by atoms with Gasteiger partial charge in [0, 0.05) is 10.6 Å². The van der Waals surface area contributed by atoms with Gasteiger partial charge in [-0.05, 0) is 48.4 Å². The van der Waals surface area contributed by atoms with Crippen LogP contribution in [-0.4, -0.2) is 37.4 Å². The van der Waals surface area contributed by atoms with Gasteiger partial charge in [-0.15, -0.1) is 0 Å². The lowest BCUT2D eigenvalue weighted by Crippen LogP contribution is -2.32. The Morgan fingerprint density at radius 2 is 1.89 bits per heavy atom. The average Bonchev–Trinajstić information content (AvgIpc) is 3.14. The molecule has 1 aliphatic heterocycles. The molecule has 2 atom stereocenters. The Morgan fingerprint density at radius 1 is 1.11 bits per heavy atom. The second-order valence-electron chi connectivity index (χ2n) is 8.52. The maximum atomic E-state index is 12.8. The number of cyclic esters (lactones) is 1. The van der Waals surface area contributed by atoms with Crippen LogP contribution in [0.1, 0.15) is 29.7 Å². The number of carbonyl (C=O) groups excluding carboxylic acids is 2. The van der Waals surface area contributed by atoms with E-state index < -0.39 is 0 Å². The van der Waals surface area contributed by atoms with Gasteiger partial charge < -0.3 is 14.2 Å². The zero-order valence-corrected chi connectivity index (χ0v) is 20.7. The number of halogens is 1. The number of benzene rings is 3. The largest absolute Gasteiger partial charge is 0.469 e. The van der Waals surface area contributed by atoms with Crippen LogP contribution in [0.4, 0.5) is 4.79 Å². The van der Waals surface area contributed by atoms with E-state index in [1.165, 1.54) is 7.11 Å². The van der Waals surface area contributed by atoms with Gasteiger partial charge in [0.05, 0.1) is 26.1 Å². The van der Waals surface area contributed by atoms with Gasteiger partial charge >= 0.3 is 12.1 Å². The summed E-state index contributed by atoms with van der Waals surface area (Å²) in [6, 6.07) is 20.5. The van der Waals surface area contributed by atoms with Crippen LogP contribution in [0.5, 0.6) is 11.5 Å². The van der Waals surface area contributed by atoms with E-state index >= 15 is 0 Å². The van der Waals surface area contributed by atoms with Gasteiger partial charge in [-0.2, -0.15) is 0 Å². The molecule has 1 saturated heterocycles. The molecule has 1 aliphatic rings. The predicted octanol–water partition coefficient (Wildman–Crippen LogP) is 5.04. The molecule has 35 heavy (non-hydrogen) atoms. The van der Waals surface area contributed by atoms with Crippen LogP contribution in [-0.2, 0) is 27.2 Å². The van der Waals surface area contributed by atoms with Crippen molar-refractivity contribution < 1.29 is 23.8 Å². The summed E-state index contributed by atoms with van der Waals surface area (Å²) in [6.45, 7) is 4.40. The first kappa shape index (κ1) is 24.7. The first-order valence-electron chi connectivity index (χ1n) is 11.6. The number of amides is 1. The molecular weight excluding hydrogens is 465 g/mol. The molecule has 4 rings (SSSR count). The van der Waals surface area contributed by atoms with Gasteiger partial charge in [0.2, 0.25) is 0 Å². The van der Waals surface area contributed by atoms with Crippen molar-refractivity contribution in [3.05, 3.63) is 88.4 Å². The smallest absolute Gasteiger partial charge is 0.411 e. The zero-order chi connectivity index (χ0) is 24.9. The number of hydrogen-bond donors (Lipinski definition) is 0. The third-order valence-corrected chi connectivity index (χ3v) is 6.42. The summed E-state index contributed by atoms with van der Waals surface area (Å²) < 4.78 is 16.7. The van der Waals surface area contributed by atoms with E-state index in [2.05, 4.69) is 12.9 Å². The van der Waals surface area contributed by atoms with E-state index in [9.17, 15) is 9.59 Å². The van der Waals surface area contributed by atoms with E-state index in [1.54, 1.807) is 17.0 Å². The number of nitrogens with zero attached hydrogens (tertiary/aromatic N) is 1. The zero-order valence-electron chi connectivity index (χ0n) is 20.0. The topological polar surface area (TPSA) is 65.1 Å². The number of rotatable bonds is 8. The fourth-order valence-electron chi connectivity index (χ4n) is 4.16. The molecule has 6 nitrogen and oxygen atoms in total. The number of hydrogen-bond acceptors (Lipinski definition) is 5. The monoisotopic (exact) mass is 491 g/mol. The lowest BCUT2D eigenvalue weighted by atomic mass is 9.73. The minimum absolute atomic E-state index is 0.165. The Balaban J connectivity index is 1.57. The summed E-state index contributed by atoms with van der Waals surface area (Å²) in [6.07, 6.45) is -0.586. The summed E-state index contributed by atoms with van der Waals surface area (Å²) in [4.78, 5) is 26.2. The number of ether oxygens (including phenoxy) is 3. The van der Waals surface area contributed by atoms with Crippen molar-refractivity contribution in [2.75, 3.05) is 7.11 Å². The van der Waals surface area contributed by atoms with Gasteiger partial charge in [0.15, 0.2) is 7.28 Å². The number of methoxy groups -OCH3 is 1. The van der Waals surface area contributed by atoms with E-state index in [-0.39, 0.29) is 30.6 Å². The van der Waals surface area contributed by atoms with Crippen molar-refractivity contribution in [3.8, 4) is 11.5 Å². The summed E-state index contributed by atoms with van der Waals surface area (Å²) >= 11 is 6.02. The van der Waals surface area contributed by atoms with Crippen LogP contribution < -0.4 is 10.2 Å². The lowest BCUT2D eigenvalue weighted by Gasteiger charge is -2.23. The van der Waals surface area contributed by atoms with E-state index in [4.69, 9.17) is 25.8 Å². The van der Waals surface area contributed by atoms with Gasteiger partial charge in [-0.25, -0.2) is 4.79 Å². The molecule has 0 N–H and O–H groups in total. The predicted molar refractivity (Wildman–Crippen MR) is 137 cm³/mol. The molecule has 0 aromatic heterocycles. The Hall–Kier alpha value is -3.45. The van der Waals surface area contributed by atoms with Crippen LogP contribution in [0.25, 0.3) is 0 Å². The highest BCUT2D eigenvalue weighted by molar-refractivity contribution is 6.51. The molecule has 1 amide bonds. The quantitative estimate of drug-likeness (QED) is 0.326. The average molecular weight is 492 g/mol. The van der Waals surface area contributed by atoms with E-state index in [1.807, 2.05) is 55.5 Å². The molecule has 3 aromatic carbocycles. The highest BCUT2D eigenvalue weighted by atomic mass is 35.5. The van der Waals surface area contributed by atoms with Crippen molar-refractivity contribution >= 4 is 36.4 Å². The third kappa shape index (κ3) is 5.80. The Kier molecular flexibility index (Phi) is 7.66. The minimum atomic E-state index is -0.381. The van der Waals surface area contributed by atoms with Crippen LogP contribution in [0.3, 0.4) is 0 Å². The van der Waals surface area contributed by atoms with Crippen LogP contribution in [0.15, 0.2) is 66.7 Å². The highest BCUT2D eigenvalue weighted by Gasteiger charge is 2.40. The molecule has 0 unspecified atom stereocenters. The molecule has 3 aromatic rings. The van der Waals surface area contributed by atoms with Crippen LogP contribution in [0, 0.1) is 0 Å². The second kappa shape index (κ2) is 10.9. The van der Waals surface area contributed by atoms with Gasteiger partial charge in [0.1, 0.15) is 17.6 Å². The molecule has 0 aliphatic carbocycles. The summed E-state index contributed by atoms with van der Waals surface area (Å²) in [5.41, 5.74) is 3.71. The fraction of sp³-hybridized carbons (Fsp3) is 0.259. The standard InChI is InChI=1S/C27H27BClNO5/c1-17-26(19-7-10-22(29)11-8-19)35-27(32)30(17)16-20-15-21(28-2)9-12-24(20)34-23-6-4-5-18(13-23)14-25(31)33-3/h4-13,15,17,26,28H,14,16H2,1-3H3/t17-,26-/m1/s1. The Bertz CT molecular complexity index is 1220. The normalized spacial score (nSPS) is 17.1. The van der Waals surface area contributed by atoms with Crippen molar-refractivity contribution in [2.45, 2.75) is 38.9 Å². The Labute approximate surface area is 211 Å². The molecule has 1 heterocycles. The number of carbonyl (C=O) groups is 2. The van der Waals surface area contributed by atoms with Gasteiger partial charge in [0.25, 0.3) is 0 Å². The SMILES string of the molecule is CBc1ccc(Oc2cccc(CC(=O)OC)c2)c(CN2C(=O)O[C@@H](c3ccc(Cl)cc3)[C@H]2C)c1.